The summed E-state index contributed by atoms with van der Waals surface area (Å²) in [5.74, 6) is 1.00. The molecule has 1 aromatic carbocycles. The molecule has 0 atom stereocenters. The van der Waals surface area contributed by atoms with Crippen molar-refractivity contribution in [2.24, 2.45) is 0 Å². The third-order valence-corrected chi connectivity index (χ3v) is 5.07. The second-order valence-corrected chi connectivity index (χ2v) is 7.03. The van der Waals surface area contributed by atoms with Gasteiger partial charge in [-0.15, -0.1) is 5.10 Å². The number of halogens is 1. The minimum Gasteiger partial charge on any atom is -0.339 e. The molecule has 1 fully saturated rings. The zero-order chi connectivity index (χ0) is 17.8. The predicted molar refractivity (Wildman–Crippen MR) is 96.4 cm³/mol. The van der Waals surface area contributed by atoms with Gasteiger partial charge in [-0.25, -0.2) is 4.98 Å². The van der Waals surface area contributed by atoms with Crippen molar-refractivity contribution in [2.75, 3.05) is 31.9 Å². The van der Waals surface area contributed by atoms with Gasteiger partial charge in [-0.05, 0) is 24.3 Å². The molecule has 132 valence electrons. The van der Waals surface area contributed by atoms with Crippen molar-refractivity contribution in [2.45, 2.75) is 12.1 Å². The molecule has 2 heterocycles. The molecule has 2 amide bonds. The predicted octanol–water partition coefficient (Wildman–Crippen LogP) is 1.91. The van der Waals surface area contributed by atoms with Gasteiger partial charge < -0.3 is 9.80 Å². The van der Waals surface area contributed by atoms with E-state index in [-0.39, 0.29) is 17.6 Å². The van der Waals surface area contributed by atoms with Crippen LogP contribution in [0.4, 0.5) is 0 Å². The third kappa shape index (κ3) is 4.52. The molecule has 9 heteroatoms. The first-order valence-electron chi connectivity index (χ1n) is 7.87. The Hall–Kier alpha value is -2.06. The Morgan fingerprint density at radius 1 is 1.16 bits per heavy atom. The monoisotopic (exact) mass is 379 g/mol. The van der Waals surface area contributed by atoms with Gasteiger partial charge in [-0.1, -0.05) is 23.4 Å². The van der Waals surface area contributed by atoms with Crippen LogP contribution in [0.2, 0.25) is 5.02 Å². The molecule has 0 bridgehead atoms. The van der Waals surface area contributed by atoms with Crippen molar-refractivity contribution in [3.63, 3.8) is 0 Å². The molecule has 1 aromatic heterocycles. The Labute approximate surface area is 154 Å². The number of nitrogens with one attached hydrogen (secondary N) is 1. The van der Waals surface area contributed by atoms with Crippen LogP contribution in [-0.2, 0) is 9.59 Å². The average Bonchev–Trinajstić information content (AvgIpc) is 3.09. The summed E-state index contributed by atoms with van der Waals surface area (Å²) < 4.78 is 0. The molecule has 0 saturated carbocycles. The van der Waals surface area contributed by atoms with E-state index in [4.69, 9.17) is 11.6 Å². The van der Waals surface area contributed by atoms with Gasteiger partial charge in [-0.2, -0.15) is 0 Å². The number of hydrogen-bond donors (Lipinski definition) is 1. The Kier molecular flexibility index (Phi) is 5.60. The first-order chi connectivity index (χ1) is 12.0. The number of aromatic amines is 1. The highest BCUT2D eigenvalue weighted by atomic mass is 35.5. The largest absolute Gasteiger partial charge is 0.339 e. The summed E-state index contributed by atoms with van der Waals surface area (Å²) >= 11 is 7.17. The maximum atomic E-state index is 12.3. The molecule has 25 heavy (non-hydrogen) atoms. The quantitative estimate of drug-likeness (QED) is 0.820. The highest BCUT2D eigenvalue weighted by molar-refractivity contribution is 7.99. The van der Waals surface area contributed by atoms with E-state index in [2.05, 4.69) is 15.2 Å². The van der Waals surface area contributed by atoms with Crippen LogP contribution in [0.15, 0.2) is 29.4 Å². The van der Waals surface area contributed by atoms with E-state index in [1.165, 1.54) is 11.8 Å². The maximum Gasteiger partial charge on any atom is 0.233 e. The van der Waals surface area contributed by atoms with Crippen molar-refractivity contribution in [1.82, 2.24) is 25.0 Å². The Morgan fingerprint density at radius 3 is 2.44 bits per heavy atom. The lowest BCUT2D eigenvalue weighted by Gasteiger charge is -2.34. The van der Waals surface area contributed by atoms with Crippen LogP contribution < -0.4 is 0 Å². The number of aromatic nitrogens is 3. The number of rotatable bonds is 4. The van der Waals surface area contributed by atoms with Crippen molar-refractivity contribution in [3.05, 3.63) is 29.3 Å². The number of amides is 2. The molecule has 0 spiro atoms. The Morgan fingerprint density at radius 2 is 1.80 bits per heavy atom. The van der Waals surface area contributed by atoms with Crippen LogP contribution in [0.25, 0.3) is 11.4 Å². The van der Waals surface area contributed by atoms with E-state index in [9.17, 15) is 9.59 Å². The number of H-pyrrole nitrogens is 1. The fraction of sp³-hybridized carbons (Fsp3) is 0.375. The normalized spacial score (nSPS) is 14.6. The fourth-order valence-corrected chi connectivity index (χ4v) is 3.36. The van der Waals surface area contributed by atoms with E-state index in [0.717, 1.165) is 5.56 Å². The maximum absolute atomic E-state index is 12.3. The molecule has 1 aliphatic rings. The molecule has 0 aliphatic carbocycles. The second kappa shape index (κ2) is 7.88. The first-order valence-corrected chi connectivity index (χ1v) is 9.24. The molecule has 0 unspecified atom stereocenters. The summed E-state index contributed by atoms with van der Waals surface area (Å²) in [6.07, 6.45) is 0. The minimum atomic E-state index is 0.0334. The number of thioether (sulfide) groups is 1. The van der Waals surface area contributed by atoms with Gasteiger partial charge in [0, 0.05) is 43.7 Å². The molecule has 7 nitrogen and oxygen atoms in total. The van der Waals surface area contributed by atoms with E-state index in [1.807, 2.05) is 12.1 Å². The zero-order valence-electron chi connectivity index (χ0n) is 13.7. The third-order valence-electron chi connectivity index (χ3n) is 3.98. The summed E-state index contributed by atoms with van der Waals surface area (Å²) in [6, 6.07) is 7.29. The molecule has 1 saturated heterocycles. The van der Waals surface area contributed by atoms with E-state index >= 15 is 0 Å². The number of piperazine rings is 1. The van der Waals surface area contributed by atoms with Gasteiger partial charge in [0.05, 0.1) is 5.75 Å². The second-order valence-electron chi connectivity index (χ2n) is 5.65. The lowest BCUT2D eigenvalue weighted by atomic mass is 10.2. The van der Waals surface area contributed by atoms with Crippen molar-refractivity contribution in [3.8, 4) is 11.4 Å². The van der Waals surface area contributed by atoms with Crippen molar-refractivity contribution in [1.29, 1.82) is 0 Å². The number of hydrogen-bond acceptors (Lipinski definition) is 5. The van der Waals surface area contributed by atoms with Gasteiger partial charge in [-0.3, -0.25) is 14.7 Å². The van der Waals surface area contributed by atoms with Crippen LogP contribution in [0.5, 0.6) is 0 Å². The summed E-state index contributed by atoms with van der Waals surface area (Å²) in [5, 5.41) is 8.20. The zero-order valence-corrected chi connectivity index (χ0v) is 15.3. The molecular formula is C16H18ClN5O2S. The summed E-state index contributed by atoms with van der Waals surface area (Å²) in [4.78, 5) is 31.5. The van der Waals surface area contributed by atoms with Crippen LogP contribution in [0.3, 0.4) is 0 Å². The molecule has 2 aromatic rings. The summed E-state index contributed by atoms with van der Waals surface area (Å²) in [7, 11) is 0. The first kappa shape index (κ1) is 17.8. The Bertz CT molecular complexity index is 756. The minimum absolute atomic E-state index is 0.0334. The number of benzene rings is 1. The lowest BCUT2D eigenvalue weighted by Crippen LogP contribution is -2.50. The Balaban J connectivity index is 1.51. The summed E-state index contributed by atoms with van der Waals surface area (Å²) in [5.41, 5.74) is 0.885. The average molecular weight is 380 g/mol. The van der Waals surface area contributed by atoms with Gasteiger partial charge in [0.25, 0.3) is 0 Å². The summed E-state index contributed by atoms with van der Waals surface area (Å²) in [6.45, 7) is 3.88. The van der Waals surface area contributed by atoms with E-state index < -0.39 is 0 Å². The van der Waals surface area contributed by atoms with E-state index in [1.54, 1.807) is 28.9 Å². The lowest BCUT2D eigenvalue weighted by molar-refractivity contribution is -0.136. The van der Waals surface area contributed by atoms with Crippen LogP contribution in [-0.4, -0.2) is 68.7 Å². The van der Waals surface area contributed by atoms with Crippen LogP contribution >= 0.6 is 23.4 Å². The molecule has 0 radical (unpaired) electrons. The van der Waals surface area contributed by atoms with Gasteiger partial charge in [0.15, 0.2) is 5.82 Å². The fourth-order valence-electron chi connectivity index (χ4n) is 2.54. The van der Waals surface area contributed by atoms with Crippen molar-refractivity contribution < 1.29 is 9.59 Å². The molecular weight excluding hydrogens is 362 g/mol. The van der Waals surface area contributed by atoms with Crippen LogP contribution in [0, 0.1) is 0 Å². The highest BCUT2D eigenvalue weighted by Gasteiger charge is 2.22. The highest BCUT2D eigenvalue weighted by Crippen LogP contribution is 2.21. The number of carbonyl (C=O) groups excluding carboxylic acids is 2. The number of nitrogens with zero attached hydrogens (tertiary/aromatic N) is 4. The van der Waals surface area contributed by atoms with Crippen LogP contribution in [0.1, 0.15) is 6.92 Å². The van der Waals surface area contributed by atoms with Gasteiger partial charge >= 0.3 is 0 Å². The van der Waals surface area contributed by atoms with E-state index in [0.29, 0.717) is 42.2 Å². The van der Waals surface area contributed by atoms with Gasteiger partial charge in [0.1, 0.15) is 0 Å². The number of carbonyl (C=O) groups is 2. The topological polar surface area (TPSA) is 82.2 Å². The molecule has 1 N–H and O–H groups in total. The smallest absolute Gasteiger partial charge is 0.233 e. The van der Waals surface area contributed by atoms with Gasteiger partial charge in [0.2, 0.25) is 17.0 Å². The SMILES string of the molecule is CC(=O)N1CCN(C(=O)CSc2n[nH]c(-c3ccc(Cl)cc3)n2)CC1. The standard InChI is InChI=1S/C16H18ClN5O2S/c1-11(23)21-6-8-22(9-7-21)14(24)10-25-16-18-15(19-20-16)12-2-4-13(17)5-3-12/h2-5H,6-10H2,1H3,(H,18,19,20). The molecule has 3 rings (SSSR count). The molecule has 1 aliphatic heterocycles. The van der Waals surface area contributed by atoms with Crippen molar-refractivity contribution >= 4 is 35.2 Å².